The number of rotatable bonds is 2. The van der Waals surface area contributed by atoms with Crippen molar-refractivity contribution in [3.63, 3.8) is 0 Å². The monoisotopic (exact) mass is 484 g/mol. The van der Waals surface area contributed by atoms with E-state index in [2.05, 4.69) is 54.5 Å². The number of fused-ring (bicyclic) bond motifs is 7. The molecule has 3 heteroatoms. The predicted molar refractivity (Wildman–Crippen MR) is 142 cm³/mol. The van der Waals surface area contributed by atoms with Gasteiger partial charge >= 0.3 is 5.97 Å². The van der Waals surface area contributed by atoms with Crippen LogP contribution in [0.4, 0.5) is 0 Å². The van der Waals surface area contributed by atoms with E-state index in [9.17, 15) is 9.90 Å². The molecule has 0 spiro atoms. The minimum Gasteiger partial charge on any atom is -0.462 e. The molecule has 5 rings (SSSR count). The van der Waals surface area contributed by atoms with Gasteiger partial charge in [-0.15, -0.1) is 0 Å². The number of ether oxygens (including phenoxy) is 1. The number of allylic oxidation sites excluding steroid dienone is 2. The van der Waals surface area contributed by atoms with Crippen molar-refractivity contribution in [3.05, 3.63) is 11.6 Å². The summed E-state index contributed by atoms with van der Waals surface area (Å²) in [7, 11) is 0. The summed E-state index contributed by atoms with van der Waals surface area (Å²) >= 11 is 0. The van der Waals surface area contributed by atoms with E-state index in [4.69, 9.17) is 4.74 Å². The minimum absolute atomic E-state index is 0.0107. The largest absolute Gasteiger partial charge is 0.462 e. The molecule has 0 aromatic heterocycles. The first-order valence-electron chi connectivity index (χ1n) is 14.8. The van der Waals surface area contributed by atoms with Crippen LogP contribution in [0.3, 0.4) is 0 Å². The van der Waals surface area contributed by atoms with Crippen LogP contribution in [0.15, 0.2) is 11.6 Å². The Kier molecular flexibility index (Phi) is 5.96. The van der Waals surface area contributed by atoms with E-state index in [1.165, 1.54) is 44.9 Å². The van der Waals surface area contributed by atoms with Crippen LogP contribution in [-0.4, -0.2) is 23.8 Å². The second-order valence-corrected chi connectivity index (χ2v) is 15.1. The van der Waals surface area contributed by atoms with Gasteiger partial charge in [-0.1, -0.05) is 60.1 Å². The zero-order valence-corrected chi connectivity index (χ0v) is 23.9. The molecule has 0 radical (unpaired) electrons. The predicted octanol–water partition coefficient (Wildman–Crippen LogP) is 7.57. The van der Waals surface area contributed by atoms with E-state index in [0.29, 0.717) is 30.3 Å². The number of carbonyl (C=O) groups excluding carboxylic acids is 1. The fourth-order valence-corrected chi connectivity index (χ4v) is 11.3. The average molecular weight is 485 g/mol. The standard InChI is InChI=1S/C32H52O3/c1-20-11-16-32(19-33)18-17-30(7)23(27(32)21(20)2)9-10-25-29(6)14-13-26(35-22(3)34)28(4,5)24(29)12-15-31(25,30)8/h9,20-21,24-27,33H,10-19H2,1-8H3/t20-,21+,24+,25-,26+,27-,29+,30-,31-,32-/m1/s1. The lowest BCUT2D eigenvalue weighted by molar-refractivity contribution is -0.213. The molecule has 0 aliphatic heterocycles. The molecule has 10 atom stereocenters. The van der Waals surface area contributed by atoms with Gasteiger partial charge in [0, 0.05) is 24.4 Å². The summed E-state index contributed by atoms with van der Waals surface area (Å²) in [6.07, 6.45) is 13.4. The third kappa shape index (κ3) is 3.28. The highest BCUT2D eigenvalue weighted by atomic mass is 16.5. The number of aliphatic hydroxyl groups excluding tert-OH is 1. The molecular weight excluding hydrogens is 432 g/mol. The molecule has 0 aromatic rings. The Hall–Kier alpha value is -0.830. The van der Waals surface area contributed by atoms with E-state index >= 15 is 0 Å². The molecule has 0 bridgehead atoms. The van der Waals surface area contributed by atoms with Gasteiger partial charge in [-0.3, -0.25) is 4.79 Å². The molecule has 35 heavy (non-hydrogen) atoms. The summed E-state index contributed by atoms with van der Waals surface area (Å²) in [6, 6.07) is 0. The molecule has 5 aliphatic carbocycles. The molecule has 0 unspecified atom stereocenters. The van der Waals surface area contributed by atoms with E-state index in [1.54, 1.807) is 12.5 Å². The second kappa shape index (κ2) is 8.08. The molecule has 0 amide bonds. The van der Waals surface area contributed by atoms with Crippen LogP contribution >= 0.6 is 0 Å². The van der Waals surface area contributed by atoms with Crippen molar-refractivity contribution >= 4 is 5.97 Å². The summed E-state index contributed by atoms with van der Waals surface area (Å²) < 4.78 is 5.90. The Morgan fingerprint density at radius 3 is 2.34 bits per heavy atom. The van der Waals surface area contributed by atoms with Gasteiger partial charge in [0.1, 0.15) is 6.10 Å². The van der Waals surface area contributed by atoms with Gasteiger partial charge < -0.3 is 9.84 Å². The third-order valence-electron chi connectivity index (χ3n) is 13.7. The molecule has 1 N–H and O–H groups in total. The highest BCUT2D eigenvalue weighted by Gasteiger charge is 2.68. The Bertz CT molecular complexity index is 904. The van der Waals surface area contributed by atoms with Gasteiger partial charge in [0.15, 0.2) is 0 Å². The molecule has 3 nitrogen and oxygen atoms in total. The Labute approximate surface area is 214 Å². The van der Waals surface area contributed by atoms with Gasteiger partial charge in [-0.2, -0.15) is 0 Å². The Balaban J connectivity index is 1.55. The quantitative estimate of drug-likeness (QED) is 0.325. The van der Waals surface area contributed by atoms with E-state index in [-0.39, 0.29) is 39.1 Å². The zero-order chi connectivity index (χ0) is 25.6. The lowest BCUT2D eigenvalue weighted by Crippen LogP contribution is -2.65. The Morgan fingerprint density at radius 2 is 1.69 bits per heavy atom. The van der Waals surface area contributed by atoms with Gasteiger partial charge in [0.05, 0.1) is 0 Å². The molecule has 4 saturated carbocycles. The molecule has 0 aromatic carbocycles. The molecular formula is C32H52O3. The topological polar surface area (TPSA) is 46.5 Å². The normalized spacial score (nSPS) is 52.8. The van der Waals surface area contributed by atoms with Crippen LogP contribution in [0.2, 0.25) is 0 Å². The molecule has 198 valence electrons. The lowest BCUT2D eigenvalue weighted by Gasteiger charge is -2.71. The lowest BCUT2D eigenvalue weighted by atomic mass is 9.33. The second-order valence-electron chi connectivity index (χ2n) is 15.1. The van der Waals surface area contributed by atoms with Crippen molar-refractivity contribution in [1.82, 2.24) is 0 Å². The number of hydrogen-bond donors (Lipinski definition) is 1. The number of aliphatic hydroxyl groups is 1. The van der Waals surface area contributed by atoms with Gasteiger partial charge in [0.25, 0.3) is 0 Å². The van der Waals surface area contributed by atoms with Crippen molar-refractivity contribution in [3.8, 4) is 0 Å². The zero-order valence-electron chi connectivity index (χ0n) is 23.9. The average Bonchev–Trinajstić information content (AvgIpc) is 2.78. The summed E-state index contributed by atoms with van der Waals surface area (Å²) in [5.41, 5.74) is 2.62. The van der Waals surface area contributed by atoms with Crippen molar-refractivity contribution in [2.75, 3.05) is 6.61 Å². The van der Waals surface area contributed by atoms with Crippen LogP contribution in [0.25, 0.3) is 0 Å². The van der Waals surface area contributed by atoms with Crippen molar-refractivity contribution < 1.29 is 14.6 Å². The van der Waals surface area contributed by atoms with Crippen LogP contribution in [0, 0.1) is 56.7 Å². The summed E-state index contributed by atoms with van der Waals surface area (Å²) in [5, 5.41) is 10.7. The molecule has 5 aliphatic rings. The smallest absolute Gasteiger partial charge is 0.302 e. The number of carbonyl (C=O) groups is 1. The number of hydrogen-bond acceptors (Lipinski definition) is 3. The molecule has 0 saturated heterocycles. The van der Waals surface area contributed by atoms with Crippen LogP contribution in [0.1, 0.15) is 113 Å². The first-order valence-corrected chi connectivity index (χ1v) is 14.8. The first-order chi connectivity index (χ1) is 16.3. The minimum atomic E-state index is -0.129. The van der Waals surface area contributed by atoms with Crippen molar-refractivity contribution in [2.24, 2.45) is 56.7 Å². The summed E-state index contributed by atoms with van der Waals surface area (Å²) in [5.74, 6) is 3.03. The van der Waals surface area contributed by atoms with Crippen LogP contribution in [-0.2, 0) is 9.53 Å². The fraction of sp³-hybridized carbons (Fsp3) is 0.906. The fourth-order valence-electron chi connectivity index (χ4n) is 11.3. The van der Waals surface area contributed by atoms with Crippen LogP contribution < -0.4 is 0 Å². The van der Waals surface area contributed by atoms with Gasteiger partial charge in [-0.05, 0) is 104 Å². The van der Waals surface area contributed by atoms with E-state index in [0.717, 1.165) is 18.8 Å². The molecule has 0 heterocycles. The SMILES string of the molecule is CC(=O)O[C@H]1CC[C@]2(C)[C@H]3CC=C4[C@H]5[C@@H](C)[C@H](C)CC[C@]5(CO)CC[C@@]4(C)[C@]3(C)CC[C@H]2C1(C)C. The van der Waals surface area contributed by atoms with Crippen molar-refractivity contribution in [2.45, 2.75) is 119 Å². The third-order valence-corrected chi connectivity index (χ3v) is 13.7. The van der Waals surface area contributed by atoms with Crippen LogP contribution in [0.5, 0.6) is 0 Å². The Morgan fingerprint density at radius 1 is 0.971 bits per heavy atom. The van der Waals surface area contributed by atoms with Gasteiger partial charge in [-0.25, -0.2) is 0 Å². The highest BCUT2D eigenvalue weighted by molar-refractivity contribution is 5.66. The first kappa shape index (κ1) is 25.8. The maximum absolute atomic E-state index is 11.9. The van der Waals surface area contributed by atoms with Crippen molar-refractivity contribution in [1.29, 1.82) is 0 Å². The maximum atomic E-state index is 11.9. The van der Waals surface area contributed by atoms with Gasteiger partial charge in [0.2, 0.25) is 0 Å². The summed E-state index contributed by atoms with van der Waals surface area (Å²) in [4.78, 5) is 11.9. The summed E-state index contributed by atoms with van der Waals surface area (Å²) in [6.45, 7) is 19.5. The van der Waals surface area contributed by atoms with E-state index < -0.39 is 0 Å². The number of esters is 1. The maximum Gasteiger partial charge on any atom is 0.302 e. The van der Waals surface area contributed by atoms with E-state index in [1.807, 2.05) is 0 Å². The highest BCUT2D eigenvalue weighted by Crippen LogP contribution is 2.75. The molecule has 4 fully saturated rings.